The minimum atomic E-state index is 0.709. The van der Waals surface area contributed by atoms with Gasteiger partial charge in [0.1, 0.15) is 0 Å². The van der Waals surface area contributed by atoms with Crippen molar-refractivity contribution in [2.24, 2.45) is 12.0 Å². The zero-order chi connectivity index (χ0) is 14.4. The molecule has 2 heterocycles. The molecule has 6 heteroatoms. The summed E-state index contributed by atoms with van der Waals surface area (Å²) >= 11 is 1.84. The molecule has 0 aliphatic rings. The Labute approximate surface area is 123 Å². The molecule has 5 nitrogen and oxygen atoms in total. The lowest BCUT2D eigenvalue weighted by Crippen LogP contribution is -2.36. The normalized spacial score (nSPS) is 11.7. The van der Waals surface area contributed by atoms with E-state index in [-0.39, 0.29) is 0 Å². The summed E-state index contributed by atoms with van der Waals surface area (Å²) in [5, 5.41) is 10.8. The Kier molecular flexibility index (Phi) is 5.17. The van der Waals surface area contributed by atoms with Crippen molar-refractivity contribution in [1.82, 2.24) is 20.4 Å². The Bertz CT molecular complexity index is 570. The molecule has 0 aromatic carbocycles. The van der Waals surface area contributed by atoms with Gasteiger partial charge in [-0.25, -0.2) is 0 Å². The zero-order valence-corrected chi connectivity index (χ0v) is 13.0. The smallest absolute Gasteiger partial charge is 0.191 e. The van der Waals surface area contributed by atoms with Gasteiger partial charge in [0.2, 0.25) is 0 Å². The second kappa shape index (κ2) is 7.09. The van der Waals surface area contributed by atoms with Crippen LogP contribution in [0.1, 0.15) is 22.4 Å². The Hall–Kier alpha value is -1.82. The van der Waals surface area contributed by atoms with Gasteiger partial charge in [0, 0.05) is 30.0 Å². The van der Waals surface area contributed by atoms with Crippen molar-refractivity contribution < 1.29 is 0 Å². The molecule has 0 bridgehead atoms. The van der Waals surface area contributed by atoms with Crippen molar-refractivity contribution in [3.8, 4) is 0 Å². The average Bonchev–Trinajstić information content (AvgIpc) is 3.08. The Balaban J connectivity index is 1.82. The van der Waals surface area contributed by atoms with Crippen molar-refractivity contribution in [3.05, 3.63) is 39.8 Å². The highest BCUT2D eigenvalue weighted by atomic mass is 32.1. The lowest BCUT2D eigenvalue weighted by Gasteiger charge is -2.11. The van der Waals surface area contributed by atoms with Crippen LogP contribution in [-0.2, 0) is 26.6 Å². The van der Waals surface area contributed by atoms with Crippen molar-refractivity contribution in [2.45, 2.75) is 26.4 Å². The molecular weight excluding hydrogens is 270 g/mol. The number of hydrogen-bond donors (Lipinski definition) is 2. The monoisotopic (exact) mass is 291 g/mol. The molecule has 2 aromatic heterocycles. The summed E-state index contributed by atoms with van der Waals surface area (Å²) in [6.45, 7) is 3.69. The molecule has 2 rings (SSSR count). The minimum Gasteiger partial charge on any atom is -0.352 e. The van der Waals surface area contributed by atoms with E-state index in [1.165, 1.54) is 9.75 Å². The number of nitrogens with one attached hydrogen (secondary N) is 2. The maximum Gasteiger partial charge on any atom is 0.191 e. The van der Waals surface area contributed by atoms with E-state index in [1.54, 1.807) is 13.2 Å². The summed E-state index contributed by atoms with van der Waals surface area (Å²) < 4.78 is 1.85. The van der Waals surface area contributed by atoms with Gasteiger partial charge in [-0.1, -0.05) is 6.92 Å². The fraction of sp³-hybridized carbons (Fsp3) is 0.429. The largest absolute Gasteiger partial charge is 0.352 e. The fourth-order valence-electron chi connectivity index (χ4n) is 1.85. The quantitative estimate of drug-likeness (QED) is 0.653. The third-order valence-corrected chi connectivity index (χ3v) is 4.31. The Morgan fingerprint density at radius 2 is 2.00 bits per heavy atom. The molecule has 0 amide bonds. The van der Waals surface area contributed by atoms with Crippen LogP contribution in [0.2, 0.25) is 0 Å². The highest BCUT2D eigenvalue weighted by Crippen LogP contribution is 2.16. The summed E-state index contributed by atoms with van der Waals surface area (Å²) in [5.74, 6) is 0.803. The first-order chi connectivity index (χ1) is 9.72. The van der Waals surface area contributed by atoms with E-state index in [0.717, 1.165) is 24.6 Å². The van der Waals surface area contributed by atoms with Crippen molar-refractivity contribution in [2.75, 3.05) is 7.05 Å². The summed E-state index contributed by atoms with van der Waals surface area (Å²) in [7, 11) is 3.72. The van der Waals surface area contributed by atoms with Crippen molar-refractivity contribution >= 4 is 17.3 Å². The molecule has 0 aliphatic heterocycles. The summed E-state index contributed by atoms with van der Waals surface area (Å²) in [6, 6.07) is 6.35. The molecule has 2 N–H and O–H groups in total. The third kappa shape index (κ3) is 3.84. The first-order valence-corrected chi connectivity index (χ1v) is 7.53. The van der Waals surface area contributed by atoms with Crippen molar-refractivity contribution in [3.63, 3.8) is 0 Å². The number of hydrogen-bond acceptors (Lipinski definition) is 3. The molecule has 0 unspecified atom stereocenters. The summed E-state index contributed by atoms with van der Waals surface area (Å²) in [5.41, 5.74) is 1.12. The topological polar surface area (TPSA) is 54.2 Å². The number of guanidine groups is 1. The van der Waals surface area contributed by atoms with E-state index >= 15 is 0 Å². The highest BCUT2D eigenvalue weighted by molar-refractivity contribution is 7.11. The zero-order valence-electron chi connectivity index (χ0n) is 12.2. The molecule has 0 radical (unpaired) electrons. The van der Waals surface area contributed by atoms with Gasteiger partial charge in [-0.15, -0.1) is 11.3 Å². The van der Waals surface area contributed by atoms with Gasteiger partial charge in [0.05, 0.1) is 18.8 Å². The van der Waals surface area contributed by atoms with Gasteiger partial charge in [-0.05, 0) is 24.6 Å². The van der Waals surface area contributed by atoms with E-state index in [2.05, 4.69) is 39.8 Å². The molecule has 108 valence electrons. The van der Waals surface area contributed by atoms with E-state index in [4.69, 9.17) is 0 Å². The second-order valence-electron chi connectivity index (χ2n) is 4.45. The van der Waals surface area contributed by atoms with Crippen LogP contribution in [0.4, 0.5) is 0 Å². The van der Waals surface area contributed by atoms with Crippen LogP contribution in [-0.4, -0.2) is 22.8 Å². The molecule has 20 heavy (non-hydrogen) atoms. The third-order valence-electron chi connectivity index (χ3n) is 3.08. The standard InChI is InChI=1S/C14H21N5S/c1-4-12-5-6-13(20-12)10-17-14(15-2)16-9-11-7-8-18-19(11)3/h5-8H,4,9-10H2,1-3H3,(H2,15,16,17). The first-order valence-electron chi connectivity index (χ1n) is 6.72. The van der Waals surface area contributed by atoms with Crippen LogP contribution in [0, 0.1) is 0 Å². The number of aromatic nitrogens is 2. The Morgan fingerprint density at radius 1 is 1.25 bits per heavy atom. The molecule has 2 aromatic rings. The number of aryl methyl sites for hydroxylation is 2. The van der Waals surface area contributed by atoms with E-state index < -0.39 is 0 Å². The van der Waals surface area contributed by atoms with E-state index in [9.17, 15) is 0 Å². The van der Waals surface area contributed by atoms with E-state index in [1.807, 2.05) is 29.1 Å². The van der Waals surface area contributed by atoms with Gasteiger partial charge in [-0.2, -0.15) is 5.10 Å². The molecule has 0 spiro atoms. The maximum atomic E-state index is 4.23. The van der Waals surface area contributed by atoms with E-state index in [0.29, 0.717) is 6.54 Å². The number of nitrogens with zero attached hydrogens (tertiary/aromatic N) is 3. The summed E-state index contributed by atoms with van der Waals surface area (Å²) in [6.07, 6.45) is 2.89. The maximum absolute atomic E-state index is 4.23. The van der Waals surface area contributed by atoms with Gasteiger partial charge in [-0.3, -0.25) is 9.67 Å². The van der Waals surface area contributed by atoms with Gasteiger partial charge < -0.3 is 10.6 Å². The van der Waals surface area contributed by atoms with Crippen LogP contribution >= 0.6 is 11.3 Å². The average molecular weight is 291 g/mol. The lowest BCUT2D eigenvalue weighted by molar-refractivity contribution is 0.685. The SMILES string of the molecule is CCc1ccc(CNC(=NC)NCc2ccnn2C)s1. The summed E-state index contributed by atoms with van der Waals surface area (Å²) in [4.78, 5) is 6.97. The van der Waals surface area contributed by atoms with Gasteiger partial charge >= 0.3 is 0 Å². The minimum absolute atomic E-state index is 0.709. The first kappa shape index (κ1) is 14.6. The van der Waals surface area contributed by atoms with Gasteiger partial charge in [0.15, 0.2) is 5.96 Å². The number of aliphatic imine (C=N–C) groups is 1. The molecule has 0 aliphatic carbocycles. The molecule has 0 saturated carbocycles. The Morgan fingerprint density at radius 3 is 2.60 bits per heavy atom. The highest BCUT2D eigenvalue weighted by Gasteiger charge is 2.03. The number of rotatable bonds is 5. The van der Waals surface area contributed by atoms with Crippen LogP contribution in [0.5, 0.6) is 0 Å². The predicted octanol–water partition coefficient (Wildman–Crippen LogP) is 1.91. The van der Waals surface area contributed by atoms with Crippen LogP contribution in [0.15, 0.2) is 29.4 Å². The van der Waals surface area contributed by atoms with Crippen LogP contribution in [0.3, 0.4) is 0 Å². The molecular formula is C14H21N5S. The second-order valence-corrected chi connectivity index (χ2v) is 5.70. The number of thiophene rings is 1. The fourth-order valence-corrected chi connectivity index (χ4v) is 2.75. The van der Waals surface area contributed by atoms with Crippen LogP contribution in [0.25, 0.3) is 0 Å². The van der Waals surface area contributed by atoms with Crippen LogP contribution < -0.4 is 10.6 Å². The lowest BCUT2D eigenvalue weighted by atomic mass is 10.3. The van der Waals surface area contributed by atoms with Gasteiger partial charge in [0.25, 0.3) is 0 Å². The van der Waals surface area contributed by atoms with Crippen molar-refractivity contribution in [1.29, 1.82) is 0 Å². The molecule has 0 fully saturated rings. The molecule has 0 atom stereocenters. The molecule has 0 saturated heterocycles. The predicted molar refractivity (Wildman–Crippen MR) is 83.9 cm³/mol.